The smallest absolute Gasteiger partial charge is 0.220 e. The molecule has 17 atom stereocenters. The molecule has 3 aliphatic heterocycles. The molecular formula is C54H103NO18. The van der Waals surface area contributed by atoms with E-state index in [0.717, 1.165) is 51.4 Å². The Kier molecular flexibility index (Phi) is 35.5. The Morgan fingerprint density at radius 2 is 0.781 bits per heavy atom. The van der Waals surface area contributed by atoms with Gasteiger partial charge >= 0.3 is 0 Å². The standard InChI is InChI=1S/C54H103NO18/c1-3-5-7-9-10-11-12-13-14-15-16-17-18-19-20-21-22-23-24-25-26-28-29-31-38(59)37(55-42(60)32-30-27-8-6-4-2)36-68-52-48(66)45(63)50(40(34-57)70-52)73-54-49(67)46(64)51(41(35-58)71-54)72-53-47(65)44(62)43(61)39(33-56)69-53/h37-41,43-54,56-59,61-67H,3-36H2,1-2H3,(H,55,60). The molecule has 0 aliphatic carbocycles. The Morgan fingerprint density at radius 3 is 1.19 bits per heavy atom. The molecule has 3 fully saturated rings. The molecule has 3 heterocycles. The third-order valence-electron chi connectivity index (χ3n) is 14.9. The topological polar surface area (TPSA) is 307 Å². The molecule has 19 heteroatoms. The molecule has 17 unspecified atom stereocenters. The van der Waals surface area contributed by atoms with Crippen LogP contribution < -0.4 is 5.32 Å². The van der Waals surface area contributed by atoms with E-state index in [4.69, 9.17) is 28.4 Å². The summed E-state index contributed by atoms with van der Waals surface area (Å²) in [5.74, 6) is -0.254. The first-order chi connectivity index (χ1) is 35.3. The maximum Gasteiger partial charge on any atom is 0.220 e. The molecule has 19 nitrogen and oxygen atoms in total. The summed E-state index contributed by atoms with van der Waals surface area (Å²) in [5.41, 5.74) is 0. The van der Waals surface area contributed by atoms with Gasteiger partial charge in [-0.05, 0) is 12.8 Å². The van der Waals surface area contributed by atoms with Crippen LogP contribution in [0.5, 0.6) is 0 Å². The van der Waals surface area contributed by atoms with Crippen LogP contribution in [-0.4, -0.2) is 193 Å². The third-order valence-corrected chi connectivity index (χ3v) is 14.9. The molecule has 0 aromatic rings. The molecule has 73 heavy (non-hydrogen) atoms. The lowest BCUT2D eigenvalue weighted by atomic mass is 9.96. The molecule has 432 valence electrons. The van der Waals surface area contributed by atoms with Gasteiger partial charge < -0.3 is 89.9 Å². The second-order valence-corrected chi connectivity index (χ2v) is 21.1. The van der Waals surface area contributed by atoms with Gasteiger partial charge in [0.2, 0.25) is 5.91 Å². The van der Waals surface area contributed by atoms with Crippen LogP contribution in [0, 0.1) is 0 Å². The largest absolute Gasteiger partial charge is 0.394 e. The second-order valence-electron chi connectivity index (χ2n) is 21.1. The number of hydrogen-bond donors (Lipinski definition) is 12. The summed E-state index contributed by atoms with van der Waals surface area (Å²) < 4.78 is 34.1. The fourth-order valence-electron chi connectivity index (χ4n) is 10.1. The quantitative estimate of drug-likeness (QED) is 0.0384. The highest BCUT2D eigenvalue weighted by atomic mass is 16.8. The van der Waals surface area contributed by atoms with Crippen molar-refractivity contribution in [1.82, 2.24) is 5.32 Å². The Bertz CT molecular complexity index is 1350. The van der Waals surface area contributed by atoms with E-state index < -0.39 is 124 Å². The van der Waals surface area contributed by atoms with Crippen LogP contribution in [0.3, 0.4) is 0 Å². The first-order valence-electron chi connectivity index (χ1n) is 28.8. The van der Waals surface area contributed by atoms with Crippen molar-refractivity contribution in [3.63, 3.8) is 0 Å². The van der Waals surface area contributed by atoms with Crippen LogP contribution in [0.25, 0.3) is 0 Å². The highest BCUT2D eigenvalue weighted by Gasteiger charge is 2.53. The highest BCUT2D eigenvalue weighted by Crippen LogP contribution is 2.33. The number of unbranched alkanes of at least 4 members (excludes halogenated alkanes) is 26. The van der Waals surface area contributed by atoms with Crippen LogP contribution in [0.4, 0.5) is 0 Å². The molecule has 0 radical (unpaired) electrons. The van der Waals surface area contributed by atoms with Gasteiger partial charge in [0.25, 0.3) is 0 Å². The van der Waals surface area contributed by atoms with Gasteiger partial charge in [0, 0.05) is 6.42 Å². The molecule has 0 bridgehead atoms. The predicted molar refractivity (Wildman–Crippen MR) is 273 cm³/mol. The minimum atomic E-state index is -1.97. The van der Waals surface area contributed by atoms with Gasteiger partial charge in [-0.1, -0.05) is 187 Å². The summed E-state index contributed by atoms with van der Waals surface area (Å²) in [6, 6.07) is -0.877. The van der Waals surface area contributed by atoms with Gasteiger partial charge in [-0.2, -0.15) is 0 Å². The van der Waals surface area contributed by atoms with E-state index in [1.165, 1.54) is 122 Å². The lowest BCUT2D eigenvalue weighted by Crippen LogP contribution is -2.66. The van der Waals surface area contributed by atoms with Gasteiger partial charge in [0.05, 0.1) is 38.6 Å². The van der Waals surface area contributed by atoms with E-state index in [1.807, 2.05) is 0 Å². The maximum absolute atomic E-state index is 13.1. The van der Waals surface area contributed by atoms with Crippen molar-refractivity contribution in [2.24, 2.45) is 0 Å². The van der Waals surface area contributed by atoms with Crippen LogP contribution in [-0.2, 0) is 33.2 Å². The van der Waals surface area contributed by atoms with Crippen LogP contribution in [0.2, 0.25) is 0 Å². The summed E-state index contributed by atoms with van der Waals surface area (Å²) in [6.07, 6.45) is 8.44. The number of ether oxygens (including phenoxy) is 6. The number of carbonyl (C=O) groups excluding carboxylic acids is 1. The van der Waals surface area contributed by atoms with E-state index in [9.17, 15) is 61.0 Å². The molecule has 12 N–H and O–H groups in total. The van der Waals surface area contributed by atoms with Crippen LogP contribution in [0.1, 0.15) is 206 Å². The maximum atomic E-state index is 13.1. The molecular weight excluding hydrogens is 951 g/mol. The number of nitrogens with one attached hydrogen (secondary N) is 1. The Hall–Kier alpha value is -1.21. The average Bonchev–Trinajstić information content (AvgIpc) is 3.38. The Balaban J connectivity index is 1.41. The summed E-state index contributed by atoms with van der Waals surface area (Å²) in [6.45, 7) is 1.69. The van der Waals surface area contributed by atoms with E-state index >= 15 is 0 Å². The molecule has 0 saturated carbocycles. The minimum Gasteiger partial charge on any atom is -0.394 e. The minimum absolute atomic E-state index is 0.254. The van der Waals surface area contributed by atoms with Crippen molar-refractivity contribution in [3.05, 3.63) is 0 Å². The summed E-state index contributed by atoms with van der Waals surface area (Å²) in [4.78, 5) is 13.1. The van der Waals surface area contributed by atoms with Crippen molar-refractivity contribution in [3.8, 4) is 0 Å². The fraction of sp³-hybridized carbons (Fsp3) is 0.981. The number of rotatable bonds is 42. The monoisotopic (exact) mass is 1050 g/mol. The third kappa shape index (κ3) is 24.1. The SMILES string of the molecule is CCCCCCCCCCCCCCCCCCCCCCCCCC(O)C(COC1OC(CO)C(OC2OC(CO)C(OC3OC(CO)C(O)C(O)C3O)C(O)C2O)C(O)C1O)NC(=O)CCCCCCC. The number of amides is 1. The first kappa shape index (κ1) is 66.1. The lowest BCUT2D eigenvalue weighted by molar-refractivity contribution is -0.379. The second kappa shape index (κ2) is 39.2. The number of aliphatic hydroxyl groups excluding tert-OH is 11. The zero-order valence-corrected chi connectivity index (χ0v) is 44.6. The molecule has 3 aliphatic rings. The van der Waals surface area contributed by atoms with Crippen LogP contribution in [0.15, 0.2) is 0 Å². The fourth-order valence-corrected chi connectivity index (χ4v) is 10.1. The van der Waals surface area contributed by atoms with E-state index in [0.29, 0.717) is 12.8 Å². The lowest BCUT2D eigenvalue weighted by Gasteiger charge is -2.48. The molecule has 0 spiro atoms. The molecule has 3 saturated heterocycles. The van der Waals surface area contributed by atoms with Crippen LogP contribution >= 0.6 is 0 Å². The predicted octanol–water partition coefficient (Wildman–Crippen LogP) is 4.04. The zero-order valence-electron chi connectivity index (χ0n) is 44.6. The van der Waals surface area contributed by atoms with Gasteiger partial charge in [0.1, 0.15) is 73.2 Å². The molecule has 0 aromatic carbocycles. The Morgan fingerprint density at radius 1 is 0.438 bits per heavy atom. The van der Waals surface area contributed by atoms with Crippen molar-refractivity contribution in [2.45, 2.75) is 311 Å². The molecule has 0 aromatic heterocycles. The molecule has 3 rings (SSSR count). The van der Waals surface area contributed by atoms with Gasteiger partial charge in [-0.3, -0.25) is 4.79 Å². The summed E-state index contributed by atoms with van der Waals surface area (Å²) in [7, 11) is 0. The number of carbonyl (C=O) groups is 1. The zero-order chi connectivity index (χ0) is 53.4. The highest BCUT2D eigenvalue weighted by molar-refractivity contribution is 5.76. The van der Waals surface area contributed by atoms with Gasteiger partial charge in [-0.25, -0.2) is 0 Å². The molecule has 1 amide bonds. The Labute approximate surface area is 436 Å². The normalized spacial score (nSPS) is 31.7. The summed E-state index contributed by atoms with van der Waals surface area (Å²) in [5, 5.41) is 120. The van der Waals surface area contributed by atoms with Crippen molar-refractivity contribution in [2.75, 3.05) is 26.4 Å². The number of aliphatic hydroxyl groups is 11. The van der Waals surface area contributed by atoms with Crippen molar-refractivity contribution in [1.29, 1.82) is 0 Å². The average molecular weight is 1050 g/mol. The summed E-state index contributed by atoms with van der Waals surface area (Å²) >= 11 is 0. The van der Waals surface area contributed by atoms with Crippen molar-refractivity contribution >= 4 is 5.91 Å². The van der Waals surface area contributed by atoms with E-state index in [1.54, 1.807) is 0 Å². The first-order valence-corrected chi connectivity index (χ1v) is 28.8. The van der Waals surface area contributed by atoms with E-state index in [-0.39, 0.29) is 18.9 Å². The van der Waals surface area contributed by atoms with E-state index in [2.05, 4.69) is 19.2 Å². The van der Waals surface area contributed by atoms with Gasteiger partial charge in [0.15, 0.2) is 18.9 Å². The number of hydrogen-bond acceptors (Lipinski definition) is 18. The van der Waals surface area contributed by atoms with Gasteiger partial charge in [-0.15, -0.1) is 0 Å². The van der Waals surface area contributed by atoms with Crippen molar-refractivity contribution < 1.29 is 89.4 Å².